The largest absolute Gasteiger partial charge is 0.368 e. The predicted molar refractivity (Wildman–Crippen MR) is 70.2 cm³/mol. The maximum atomic E-state index is 12.1. The van der Waals surface area contributed by atoms with Gasteiger partial charge in [-0.25, -0.2) is 0 Å². The van der Waals surface area contributed by atoms with Gasteiger partial charge in [0.15, 0.2) is 5.78 Å². The van der Waals surface area contributed by atoms with Crippen LogP contribution in [0.15, 0.2) is 24.3 Å². The Kier molecular flexibility index (Phi) is 4.88. The number of benzene rings is 1. The molecule has 0 aliphatic carbocycles. The number of hydrogen-bond donors (Lipinski definition) is 0. The Morgan fingerprint density at radius 1 is 1.12 bits per heavy atom. The number of ketones is 1. The maximum absolute atomic E-state index is 12.1. The van der Waals surface area contributed by atoms with Crippen molar-refractivity contribution in [2.24, 2.45) is 0 Å². The molecule has 94 valence electrons. The second-order valence-electron chi connectivity index (χ2n) is 4.71. The Bertz CT molecular complexity index is 363. The molecule has 0 heterocycles. The molecule has 0 fully saturated rings. The van der Waals surface area contributed by atoms with Crippen LogP contribution in [0.5, 0.6) is 0 Å². The summed E-state index contributed by atoms with van der Waals surface area (Å²) < 4.78 is 5.46. The molecule has 1 rings (SSSR count). The third-order valence-electron chi connectivity index (χ3n) is 2.97. The van der Waals surface area contributed by atoms with E-state index in [-0.39, 0.29) is 5.78 Å². The molecule has 0 unspecified atom stereocenters. The van der Waals surface area contributed by atoms with Crippen molar-refractivity contribution in [2.75, 3.05) is 6.61 Å². The van der Waals surface area contributed by atoms with Crippen LogP contribution in [0.4, 0.5) is 0 Å². The minimum atomic E-state index is -0.682. The van der Waals surface area contributed by atoms with E-state index in [0.29, 0.717) is 13.0 Å². The van der Waals surface area contributed by atoms with Crippen LogP contribution in [0, 0.1) is 0 Å². The van der Waals surface area contributed by atoms with Gasteiger partial charge in [0.25, 0.3) is 0 Å². The monoisotopic (exact) mass is 234 g/mol. The first-order chi connectivity index (χ1) is 7.99. The van der Waals surface area contributed by atoms with E-state index >= 15 is 0 Å². The Balaban J connectivity index is 2.67. The first-order valence-electron chi connectivity index (χ1n) is 6.24. The van der Waals surface area contributed by atoms with E-state index in [2.05, 4.69) is 19.1 Å². The van der Waals surface area contributed by atoms with Gasteiger partial charge in [0.2, 0.25) is 0 Å². The van der Waals surface area contributed by atoms with Crippen LogP contribution in [0.2, 0.25) is 0 Å². The number of aryl methyl sites for hydroxylation is 1. The number of hydrogen-bond acceptors (Lipinski definition) is 2. The van der Waals surface area contributed by atoms with Gasteiger partial charge in [0.05, 0.1) is 0 Å². The van der Waals surface area contributed by atoms with E-state index in [4.69, 9.17) is 4.74 Å². The number of Topliss-reactive ketones (excluding diaryl/α,β-unsaturated/α-hetero) is 1. The molecular weight excluding hydrogens is 212 g/mol. The fraction of sp³-hybridized carbons (Fsp3) is 0.533. The highest BCUT2D eigenvalue weighted by Gasteiger charge is 2.27. The Labute approximate surface area is 104 Å². The molecule has 0 saturated heterocycles. The van der Waals surface area contributed by atoms with Crippen molar-refractivity contribution in [1.82, 2.24) is 0 Å². The highest BCUT2D eigenvalue weighted by atomic mass is 16.5. The fourth-order valence-electron chi connectivity index (χ4n) is 1.73. The van der Waals surface area contributed by atoms with Crippen molar-refractivity contribution in [3.63, 3.8) is 0 Å². The molecule has 0 saturated carbocycles. The van der Waals surface area contributed by atoms with E-state index in [1.54, 1.807) is 0 Å². The maximum Gasteiger partial charge on any atom is 0.168 e. The highest BCUT2D eigenvalue weighted by molar-refractivity contribution is 5.88. The summed E-state index contributed by atoms with van der Waals surface area (Å²) in [7, 11) is 0. The van der Waals surface area contributed by atoms with Crippen LogP contribution in [0.1, 0.15) is 38.8 Å². The van der Waals surface area contributed by atoms with Crippen molar-refractivity contribution in [2.45, 2.75) is 46.1 Å². The quantitative estimate of drug-likeness (QED) is 0.755. The summed E-state index contributed by atoms with van der Waals surface area (Å²) in [6.45, 7) is 8.26. The molecule has 2 nitrogen and oxygen atoms in total. The van der Waals surface area contributed by atoms with Crippen molar-refractivity contribution in [1.29, 1.82) is 0 Å². The molecule has 0 N–H and O–H groups in total. The molecule has 0 bridgehead atoms. The molecule has 0 aliphatic rings. The van der Waals surface area contributed by atoms with E-state index in [1.165, 1.54) is 5.56 Å². The van der Waals surface area contributed by atoms with E-state index in [9.17, 15) is 4.79 Å². The lowest BCUT2D eigenvalue weighted by Gasteiger charge is -2.23. The molecule has 0 radical (unpaired) electrons. The van der Waals surface area contributed by atoms with Gasteiger partial charge in [0.1, 0.15) is 5.60 Å². The fourth-order valence-corrected chi connectivity index (χ4v) is 1.73. The molecule has 1 aromatic carbocycles. The van der Waals surface area contributed by atoms with Crippen LogP contribution >= 0.6 is 0 Å². The van der Waals surface area contributed by atoms with Crippen LogP contribution < -0.4 is 0 Å². The highest BCUT2D eigenvalue weighted by Crippen LogP contribution is 2.15. The zero-order chi connectivity index (χ0) is 12.9. The van der Waals surface area contributed by atoms with Gasteiger partial charge >= 0.3 is 0 Å². The van der Waals surface area contributed by atoms with Crippen molar-refractivity contribution in [3.8, 4) is 0 Å². The number of ether oxygens (including phenoxy) is 1. The normalized spacial score (nSPS) is 11.5. The van der Waals surface area contributed by atoms with E-state index in [0.717, 1.165) is 12.0 Å². The lowest BCUT2D eigenvalue weighted by Crippen LogP contribution is -2.36. The topological polar surface area (TPSA) is 26.3 Å². The Morgan fingerprint density at radius 2 is 1.65 bits per heavy atom. The van der Waals surface area contributed by atoms with E-state index in [1.807, 2.05) is 32.9 Å². The van der Waals surface area contributed by atoms with Gasteiger partial charge in [0, 0.05) is 13.0 Å². The number of rotatable bonds is 6. The van der Waals surface area contributed by atoms with Crippen molar-refractivity contribution in [3.05, 3.63) is 35.4 Å². The Morgan fingerprint density at radius 3 is 2.12 bits per heavy atom. The standard InChI is InChI=1S/C15H22O2/c1-5-12-7-9-13(10-8-12)11-14(16)15(3,4)17-6-2/h7-10H,5-6,11H2,1-4H3. The van der Waals surface area contributed by atoms with Gasteiger partial charge in [-0.15, -0.1) is 0 Å². The van der Waals surface area contributed by atoms with Gasteiger partial charge in [-0.05, 0) is 38.3 Å². The average molecular weight is 234 g/mol. The number of carbonyl (C=O) groups is 1. The third-order valence-corrected chi connectivity index (χ3v) is 2.97. The van der Waals surface area contributed by atoms with Crippen LogP contribution in [-0.2, 0) is 22.4 Å². The van der Waals surface area contributed by atoms with Crippen LogP contribution in [0.25, 0.3) is 0 Å². The molecule has 0 aliphatic heterocycles. The second-order valence-corrected chi connectivity index (χ2v) is 4.71. The zero-order valence-electron chi connectivity index (χ0n) is 11.2. The third kappa shape index (κ3) is 3.97. The molecule has 2 heteroatoms. The van der Waals surface area contributed by atoms with Gasteiger partial charge < -0.3 is 4.74 Å². The van der Waals surface area contributed by atoms with Gasteiger partial charge in [-0.1, -0.05) is 31.2 Å². The summed E-state index contributed by atoms with van der Waals surface area (Å²) in [6, 6.07) is 8.21. The lowest BCUT2D eigenvalue weighted by molar-refractivity contribution is -0.139. The summed E-state index contributed by atoms with van der Waals surface area (Å²) in [5.74, 6) is 0.128. The van der Waals surface area contributed by atoms with Gasteiger partial charge in [-0.3, -0.25) is 4.79 Å². The zero-order valence-corrected chi connectivity index (χ0v) is 11.2. The van der Waals surface area contributed by atoms with Crippen LogP contribution in [-0.4, -0.2) is 18.0 Å². The summed E-state index contributed by atoms with van der Waals surface area (Å²) in [6.07, 6.45) is 1.47. The minimum Gasteiger partial charge on any atom is -0.368 e. The smallest absolute Gasteiger partial charge is 0.168 e. The van der Waals surface area contributed by atoms with Crippen molar-refractivity contribution >= 4 is 5.78 Å². The van der Waals surface area contributed by atoms with Crippen molar-refractivity contribution < 1.29 is 9.53 Å². The number of carbonyl (C=O) groups excluding carboxylic acids is 1. The first kappa shape index (κ1) is 13.9. The Hall–Kier alpha value is -1.15. The first-order valence-corrected chi connectivity index (χ1v) is 6.24. The molecule has 0 spiro atoms. The summed E-state index contributed by atoms with van der Waals surface area (Å²) in [5, 5.41) is 0. The predicted octanol–water partition coefficient (Wildman–Crippen LogP) is 3.18. The van der Waals surface area contributed by atoms with E-state index < -0.39 is 5.60 Å². The molecule has 0 amide bonds. The lowest BCUT2D eigenvalue weighted by atomic mass is 9.96. The van der Waals surface area contributed by atoms with Gasteiger partial charge in [-0.2, -0.15) is 0 Å². The molecule has 17 heavy (non-hydrogen) atoms. The molecular formula is C15H22O2. The molecule has 0 atom stereocenters. The summed E-state index contributed by atoms with van der Waals surface area (Å²) in [5.41, 5.74) is 1.67. The summed E-state index contributed by atoms with van der Waals surface area (Å²) in [4.78, 5) is 12.1. The molecule has 1 aromatic rings. The second kappa shape index (κ2) is 5.97. The average Bonchev–Trinajstić information content (AvgIpc) is 2.30. The SMILES string of the molecule is CCOC(C)(C)C(=O)Cc1ccc(CC)cc1. The van der Waals surface area contributed by atoms with Crippen LogP contribution in [0.3, 0.4) is 0 Å². The summed E-state index contributed by atoms with van der Waals surface area (Å²) >= 11 is 0. The minimum absolute atomic E-state index is 0.128. The molecule has 0 aromatic heterocycles.